The molecule has 1 atom stereocenters. The van der Waals surface area contributed by atoms with Crippen molar-refractivity contribution >= 4 is 11.8 Å². The third-order valence-corrected chi connectivity index (χ3v) is 6.21. The van der Waals surface area contributed by atoms with E-state index in [1.807, 2.05) is 30.0 Å². The second-order valence-corrected chi connectivity index (χ2v) is 8.72. The van der Waals surface area contributed by atoms with Crippen LogP contribution in [0.5, 0.6) is 11.5 Å². The summed E-state index contributed by atoms with van der Waals surface area (Å²) in [5, 5.41) is 13.8. The minimum Gasteiger partial charge on any atom is -0.493 e. The quantitative estimate of drug-likeness (QED) is 0.507. The Morgan fingerprint density at radius 1 is 1.14 bits per heavy atom. The van der Waals surface area contributed by atoms with Crippen LogP contribution in [-0.2, 0) is 11.3 Å². The molecule has 0 spiro atoms. The van der Waals surface area contributed by atoms with Crippen molar-refractivity contribution < 1.29 is 19.3 Å². The van der Waals surface area contributed by atoms with Gasteiger partial charge in [0.1, 0.15) is 12.7 Å². The Hall–Kier alpha value is -1.03. The topological polar surface area (TPSA) is 66.4 Å². The van der Waals surface area contributed by atoms with Gasteiger partial charge in [-0.25, -0.2) is 0 Å². The number of ether oxygens (including phenoxy) is 3. The standard InChI is InChI=1S/C21H35N3O4S/c1-26-21-14-18(15-22-4-5-23-6-10-27-11-7-23)2-3-20(21)28-17-19(25)16-24-8-12-29-13-9-24/h2-3,14,19,22,25H,4-13,15-17H2,1H3/t19-/m0/s1. The van der Waals surface area contributed by atoms with Crippen molar-refractivity contribution in [1.82, 2.24) is 15.1 Å². The Labute approximate surface area is 178 Å². The van der Waals surface area contributed by atoms with Crippen LogP contribution in [0.25, 0.3) is 0 Å². The molecule has 29 heavy (non-hydrogen) atoms. The van der Waals surface area contributed by atoms with E-state index in [0.29, 0.717) is 18.0 Å². The second-order valence-electron chi connectivity index (χ2n) is 7.49. The van der Waals surface area contributed by atoms with Gasteiger partial charge in [0.2, 0.25) is 0 Å². The molecule has 0 amide bonds. The van der Waals surface area contributed by atoms with Gasteiger partial charge in [-0.05, 0) is 17.7 Å². The number of rotatable bonds is 11. The van der Waals surface area contributed by atoms with Crippen molar-refractivity contribution in [3.05, 3.63) is 23.8 Å². The van der Waals surface area contributed by atoms with Crippen molar-refractivity contribution in [2.45, 2.75) is 12.6 Å². The van der Waals surface area contributed by atoms with Crippen LogP contribution >= 0.6 is 11.8 Å². The first-order valence-corrected chi connectivity index (χ1v) is 11.7. The van der Waals surface area contributed by atoms with Gasteiger partial charge in [0.05, 0.1) is 20.3 Å². The maximum Gasteiger partial charge on any atom is 0.161 e. The lowest BCUT2D eigenvalue weighted by Gasteiger charge is -2.28. The van der Waals surface area contributed by atoms with Gasteiger partial charge in [-0.15, -0.1) is 0 Å². The minimum atomic E-state index is -0.496. The maximum atomic E-state index is 10.3. The van der Waals surface area contributed by atoms with E-state index in [0.717, 1.165) is 76.1 Å². The van der Waals surface area contributed by atoms with Gasteiger partial charge in [0.25, 0.3) is 0 Å². The molecule has 0 saturated carbocycles. The number of aliphatic hydroxyl groups excluding tert-OH is 1. The summed E-state index contributed by atoms with van der Waals surface area (Å²) in [5.41, 5.74) is 1.16. The Morgan fingerprint density at radius 2 is 1.93 bits per heavy atom. The van der Waals surface area contributed by atoms with Crippen molar-refractivity contribution in [1.29, 1.82) is 0 Å². The largest absolute Gasteiger partial charge is 0.493 e. The predicted molar refractivity (Wildman–Crippen MR) is 117 cm³/mol. The summed E-state index contributed by atoms with van der Waals surface area (Å²) in [6.07, 6.45) is -0.496. The molecule has 2 saturated heterocycles. The molecule has 2 heterocycles. The zero-order valence-corrected chi connectivity index (χ0v) is 18.3. The first-order valence-electron chi connectivity index (χ1n) is 10.5. The maximum absolute atomic E-state index is 10.3. The third kappa shape index (κ3) is 7.96. The fourth-order valence-corrected chi connectivity index (χ4v) is 4.54. The van der Waals surface area contributed by atoms with Gasteiger partial charge in [0.15, 0.2) is 11.5 Å². The van der Waals surface area contributed by atoms with Crippen molar-refractivity contribution in [3.63, 3.8) is 0 Å². The predicted octanol–water partition coefficient (Wildman–Crippen LogP) is 0.906. The molecule has 2 aliphatic heterocycles. The van der Waals surface area contributed by atoms with E-state index in [-0.39, 0.29) is 6.61 Å². The summed E-state index contributed by atoms with van der Waals surface area (Å²) in [6, 6.07) is 5.99. The van der Waals surface area contributed by atoms with Crippen LogP contribution in [0.3, 0.4) is 0 Å². The minimum absolute atomic E-state index is 0.275. The number of hydrogen-bond acceptors (Lipinski definition) is 8. The van der Waals surface area contributed by atoms with E-state index in [9.17, 15) is 5.11 Å². The lowest BCUT2D eigenvalue weighted by Crippen LogP contribution is -2.40. The Morgan fingerprint density at radius 3 is 2.69 bits per heavy atom. The van der Waals surface area contributed by atoms with E-state index >= 15 is 0 Å². The molecular weight excluding hydrogens is 390 g/mol. The van der Waals surface area contributed by atoms with Crippen LogP contribution in [0.4, 0.5) is 0 Å². The second kappa shape index (κ2) is 12.6. The monoisotopic (exact) mass is 425 g/mol. The molecule has 2 fully saturated rings. The molecule has 2 aliphatic rings. The summed E-state index contributed by atoms with van der Waals surface area (Å²) < 4.78 is 16.7. The highest BCUT2D eigenvalue weighted by molar-refractivity contribution is 7.99. The molecule has 164 valence electrons. The van der Waals surface area contributed by atoms with Gasteiger partial charge in [-0.1, -0.05) is 6.07 Å². The normalized spacial score (nSPS) is 19.8. The van der Waals surface area contributed by atoms with Gasteiger partial charge < -0.3 is 24.6 Å². The Kier molecular flexibility index (Phi) is 9.85. The molecule has 0 aliphatic carbocycles. The summed E-state index contributed by atoms with van der Waals surface area (Å²) in [4.78, 5) is 4.72. The van der Waals surface area contributed by atoms with E-state index in [4.69, 9.17) is 14.2 Å². The highest BCUT2D eigenvalue weighted by atomic mass is 32.2. The van der Waals surface area contributed by atoms with E-state index in [1.165, 1.54) is 0 Å². The average Bonchev–Trinajstić information content (AvgIpc) is 2.77. The van der Waals surface area contributed by atoms with Crippen molar-refractivity contribution in [2.24, 2.45) is 0 Å². The fourth-order valence-electron chi connectivity index (χ4n) is 3.56. The van der Waals surface area contributed by atoms with Crippen LogP contribution in [0.2, 0.25) is 0 Å². The highest BCUT2D eigenvalue weighted by Crippen LogP contribution is 2.28. The molecule has 0 aromatic heterocycles. The number of thioether (sulfide) groups is 1. The number of aliphatic hydroxyl groups is 1. The van der Waals surface area contributed by atoms with Gasteiger partial charge in [-0.2, -0.15) is 11.8 Å². The molecule has 7 nitrogen and oxygen atoms in total. The Balaban J connectivity index is 1.39. The van der Waals surface area contributed by atoms with Gasteiger partial charge in [0, 0.05) is 63.9 Å². The number of hydrogen-bond donors (Lipinski definition) is 2. The molecule has 3 rings (SSSR count). The fraction of sp³-hybridized carbons (Fsp3) is 0.714. The zero-order chi connectivity index (χ0) is 20.3. The van der Waals surface area contributed by atoms with Crippen LogP contribution in [0.1, 0.15) is 5.56 Å². The average molecular weight is 426 g/mol. The number of nitrogens with zero attached hydrogens (tertiary/aromatic N) is 2. The summed E-state index contributed by atoms with van der Waals surface area (Å²) in [7, 11) is 1.65. The lowest BCUT2D eigenvalue weighted by molar-refractivity contribution is 0.0384. The van der Waals surface area contributed by atoms with Crippen molar-refractivity contribution in [3.8, 4) is 11.5 Å². The zero-order valence-electron chi connectivity index (χ0n) is 17.5. The molecule has 1 aromatic rings. The molecule has 1 aromatic carbocycles. The van der Waals surface area contributed by atoms with E-state index < -0.39 is 6.10 Å². The molecule has 0 unspecified atom stereocenters. The highest BCUT2D eigenvalue weighted by Gasteiger charge is 2.16. The van der Waals surface area contributed by atoms with E-state index in [1.54, 1.807) is 7.11 Å². The third-order valence-electron chi connectivity index (χ3n) is 5.27. The van der Waals surface area contributed by atoms with Crippen LogP contribution in [0.15, 0.2) is 18.2 Å². The smallest absolute Gasteiger partial charge is 0.161 e. The van der Waals surface area contributed by atoms with Crippen LogP contribution in [0, 0.1) is 0 Å². The summed E-state index contributed by atoms with van der Waals surface area (Å²) in [6.45, 7) is 9.50. The molecular formula is C21H35N3O4S. The van der Waals surface area contributed by atoms with Crippen molar-refractivity contribution in [2.75, 3.05) is 84.2 Å². The van der Waals surface area contributed by atoms with Gasteiger partial charge >= 0.3 is 0 Å². The van der Waals surface area contributed by atoms with Crippen LogP contribution < -0.4 is 14.8 Å². The Bertz CT molecular complexity index is 595. The number of β-amino-alcohol motifs (C(OH)–C–C–N with tert-alkyl or cyclic N) is 1. The molecule has 0 radical (unpaired) electrons. The number of benzene rings is 1. The lowest BCUT2D eigenvalue weighted by atomic mass is 10.2. The first-order chi connectivity index (χ1) is 14.2. The van der Waals surface area contributed by atoms with Crippen LogP contribution in [-0.4, -0.2) is 105 Å². The molecule has 0 bridgehead atoms. The molecule has 2 N–H and O–H groups in total. The summed E-state index contributed by atoms with van der Waals surface area (Å²) >= 11 is 1.97. The van der Waals surface area contributed by atoms with Gasteiger partial charge in [-0.3, -0.25) is 9.80 Å². The SMILES string of the molecule is COc1cc(CNCCN2CCOCC2)ccc1OC[C@@H](O)CN1CCSCC1. The number of morpholine rings is 1. The number of methoxy groups -OCH3 is 1. The first kappa shape index (κ1) is 22.7. The molecule has 8 heteroatoms. The summed E-state index contributed by atoms with van der Waals surface area (Å²) in [5.74, 6) is 3.67. The number of nitrogens with one attached hydrogen (secondary N) is 1. The van der Waals surface area contributed by atoms with E-state index in [2.05, 4.69) is 15.1 Å².